The van der Waals surface area contributed by atoms with Crippen molar-refractivity contribution < 1.29 is 54.9 Å². The van der Waals surface area contributed by atoms with Crippen LogP contribution in [0.25, 0.3) is 11.2 Å². The van der Waals surface area contributed by atoms with E-state index in [1.54, 1.807) is 7.05 Å². The zero-order valence-electron chi connectivity index (χ0n) is 21.2. The van der Waals surface area contributed by atoms with Crippen LogP contribution in [-0.4, -0.2) is 139 Å². The maximum atomic E-state index is 11.4. The predicted octanol–water partition coefficient (Wildman–Crippen LogP) is -3.80. The van der Waals surface area contributed by atoms with Crippen molar-refractivity contribution in [3.05, 3.63) is 29.1 Å². The highest BCUT2D eigenvalue weighted by Crippen LogP contribution is 2.41. The Balaban J connectivity index is 1.48. The molecule has 224 valence electrons. The summed E-state index contributed by atoms with van der Waals surface area (Å²) in [7, 11) is 1.56. The van der Waals surface area contributed by atoms with Gasteiger partial charge in [0.25, 0.3) is 0 Å². The minimum absolute atomic E-state index is 0.0469. The quantitative estimate of drug-likeness (QED) is 0.0703. The molecule has 0 amide bonds. The number of fused-ring (bicyclic) bond motifs is 1. The van der Waals surface area contributed by atoms with Gasteiger partial charge in [-0.2, -0.15) is 0 Å². The molecular weight excluding hydrogens is 574 g/mol. The average molecular weight is 602 g/mol. The van der Waals surface area contributed by atoms with Gasteiger partial charge in [0.05, 0.1) is 26.1 Å². The summed E-state index contributed by atoms with van der Waals surface area (Å²) in [6.45, 7) is -2.33. The maximum absolute atomic E-state index is 11.4. The SMILES string of the molecule is Cn1cnc([N+](=O)[O-])c1Sc1ncnc2c1ncn2C1(CO)O[C@H](CO)[C@@H](O[C@@H]2O[C@H](CO)[C@H](O)[C@H](O)[C@H]2O)[C@@H]1O. The van der Waals surface area contributed by atoms with E-state index in [-0.39, 0.29) is 21.2 Å². The highest BCUT2D eigenvalue weighted by molar-refractivity contribution is 7.99. The summed E-state index contributed by atoms with van der Waals surface area (Å²) >= 11 is 0.893. The lowest BCUT2D eigenvalue weighted by molar-refractivity contribution is -0.392. The third-order valence-corrected chi connectivity index (χ3v) is 8.14. The Hall–Kier alpha value is -2.89. The predicted molar refractivity (Wildman–Crippen MR) is 131 cm³/mol. The molecule has 2 aliphatic rings. The van der Waals surface area contributed by atoms with Gasteiger partial charge < -0.3 is 64.6 Å². The topological polar surface area (TPSA) is 274 Å². The minimum atomic E-state index is -2.05. The van der Waals surface area contributed by atoms with Gasteiger partial charge in [-0.15, -0.1) is 0 Å². The molecule has 41 heavy (non-hydrogen) atoms. The monoisotopic (exact) mass is 601 g/mol. The fraction of sp³-hybridized carbons (Fsp3) is 0.619. The van der Waals surface area contributed by atoms with Crippen LogP contribution in [-0.2, 0) is 27.0 Å². The van der Waals surface area contributed by atoms with Crippen LogP contribution in [0.15, 0.2) is 29.0 Å². The first-order valence-electron chi connectivity index (χ1n) is 12.1. The minimum Gasteiger partial charge on any atom is -0.394 e. The summed E-state index contributed by atoms with van der Waals surface area (Å²) in [5.41, 5.74) is -1.86. The third kappa shape index (κ3) is 4.85. The molecule has 2 aliphatic heterocycles. The van der Waals surface area contributed by atoms with Crippen molar-refractivity contribution in [3.8, 4) is 0 Å². The molecule has 0 aliphatic carbocycles. The normalized spacial score (nSPS) is 34.0. The second-order valence-electron chi connectivity index (χ2n) is 9.39. The van der Waals surface area contributed by atoms with Gasteiger partial charge in [-0.25, -0.2) is 15.0 Å². The van der Waals surface area contributed by atoms with Crippen LogP contribution in [0.1, 0.15) is 0 Å². The van der Waals surface area contributed by atoms with Crippen molar-refractivity contribution in [3.63, 3.8) is 0 Å². The van der Waals surface area contributed by atoms with Crippen molar-refractivity contribution in [2.45, 2.75) is 64.8 Å². The molecule has 2 saturated heterocycles. The zero-order valence-corrected chi connectivity index (χ0v) is 22.0. The second kappa shape index (κ2) is 11.4. The summed E-state index contributed by atoms with van der Waals surface area (Å²) in [5.74, 6) is -0.399. The molecule has 3 aromatic rings. The van der Waals surface area contributed by atoms with Crippen molar-refractivity contribution in [1.29, 1.82) is 0 Å². The number of imidazole rings is 2. The van der Waals surface area contributed by atoms with Gasteiger partial charge in [0.1, 0.15) is 59.6 Å². The molecule has 0 radical (unpaired) electrons. The Labute approximate surface area is 233 Å². The summed E-state index contributed by atoms with van der Waals surface area (Å²) in [5, 5.41) is 83.6. The van der Waals surface area contributed by atoms with Gasteiger partial charge in [0.15, 0.2) is 22.7 Å². The fourth-order valence-electron chi connectivity index (χ4n) is 4.81. The number of aliphatic hydroxyl groups excluding tert-OH is 7. The van der Waals surface area contributed by atoms with E-state index in [0.717, 1.165) is 18.1 Å². The number of ether oxygens (including phenoxy) is 3. The lowest BCUT2D eigenvalue weighted by atomic mass is 9.98. The van der Waals surface area contributed by atoms with Crippen LogP contribution in [0.5, 0.6) is 0 Å². The lowest BCUT2D eigenvalue weighted by Crippen LogP contribution is -2.60. The molecule has 0 bridgehead atoms. The lowest BCUT2D eigenvalue weighted by Gasteiger charge is -2.41. The molecule has 20 heteroatoms. The van der Waals surface area contributed by atoms with Crippen molar-refractivity contribution in [1.82, 2.24) is 29.1 Å². The molecule has 9 atom stereocenters. The molecule has 0 saturated carbocycles. The summed E-state index contributed by atoms with van der Waals surface area (Å²) in [6.07, 6.45) is -9.14. The second-order valence-corrected chi connectivity index (χ2v) is 10.4. The zero-order chi connectivity index (χ0) is 29.6. The number of rotatable bonds is 9. The van der Waals surface area contributed by atoms with Crippen LogP contribution in [0.3, 0.4) is 0 Å². The number of aliphatic hydroxyl groups is 7. The van der Waals surface area contributed by atoms with Crippen LogP contribution >= 0.6 is 11.8 Å². The van der Waals surface area contributed by atoms with Crippen molar-refractivity contribution in [2.24, 2.45) is 7.05 Å². The number of nitrogens with zero attached hydrogens (tertiary/aromatic N) is 7. The third-order valence-electron chi connectivity index (χ3n) is 6.98. The van der Waals surface area contributed by atoms with E-state index in [1.165, 1.54) is 21.8 Å². The molecule has 19 nitrogen and oxygen atoms in total. The van der Waals surface area contributed by atoms with E-state index in [4.69, 9.17) is 14.2 Å². The van der Waals surface area contributed by atoms with E-state index >= 15 is 0 Å². The van der Waals surface area contributed by atoms with Gasteiger partial charge in [-0.3, -0.25) is 4.57 Å². The van der Waals surface area contributed by atoms with Crippen LogP contribution < -0.4 is 0 Å². The number of aryl methyl sites for hydroxylation is 1. The Bertz CT molecular complexity index is 1410. The smallest absolute Gasteiger partial charge is 0.394 e. The number of aromatic nitrogens is 6. The Morgan fingerprint density at radius 1 is 1.05 bits per heavy atom. The molecule has 5 rings (SSSR count). The highest BCUT2D eigenvalue weighted by Gasteiger charge is 2.59. The first-order chi connectivity index (χ1) is 19.6. The first-order valence-corrected chi connectivity index (χ1v) is 12.9. The van der Waals surface area contributed by atoms with E-state index in [2.05, 4.69) is 19.9 Å². The Morgan fingerprint density at radius 3 is 2.44 bits per heavy atom. The van der Waals surface area contributed by atoms with E-state index in [9.17, 15) is 45.9 Å². The first kappa shape index (κ1) is 29.6. The summed E-state index contributed by atoms with van der Waals surface area (Å²) < 4.78 is 19.6. The van der Waals surface area contributed by atoms with Crippen molar-refractivity contribution in [2.75, 3.05) is 19.8 Å². The summed E-state index contributed by atoms with van der Waals surface area (Å²) in [4.78, 5) is 27.2. The highest BCUT2D eigenvalue weighted by atomic mass is 32.2. The molecule has 3 aromatic heterocycles. The largest absolute Gasteiger partial charge is 0.396 e. The van der Waals surface area contributed by atoms with Crippen molar-refractivity contribution >= 4 is 28.7 Å². The number of hydrogen-bond donors (Lipinski definition) is 7. The van der Waals surface area contributed by atoms with Gasteiger partial charge in [-0.1, -0.05) is 0 Å². The molecule has 7 N–H and O–H groups in total. The fourth-order valence-corrected chi connectivity index (χ4v) is 5.74. The van der Waals surface area contributed by atoms with E-state index < -0.39 is 85.3 Å². The van der Waals surface area contributed by atoms with Gasteiger partial charge in [-0.05, 0) is 21.7 Å². The van der Waals surface area contributed by atoms with Gasteiger partial charge in [0, 0.05) is 7.05 Å². The Kier molecular flexibility index (Phi) is 8.24. The molecule has 1 unspecified atom stereocenters. The number of hydrogen-bond acceptors (Lipinski definition) is 17. The average Bonchev–Trinajstić information content (AvgIpc) is 3.64. The molecule has 5 heterocycles. The van der Waals surface area contributed by atoms with Crippen LogP contribution in [0.4, 0.5) is 5.82 Å². The van der Waals surface area contributed by atoms with E-state index in [0.29, 0.717) is 0 Å². The van der Waals surface area contributed by atoms with E-state index in [1.807, 2.05) is 0 Å². The van der Waals surface area contributed by atoms with Crippen LogP contribution in [0.2, 0.25) is 0 Å². The van der Waals surface area contributed by atoms with Gasteiger partial charge >= 0.3 is 5.82 Å². The van der Waals surface area contributed by atoms with Gasteiger partial charge in [0.2, 0.25) is 6.33 Å². The number of nitro groups is 1. The molecule has 2 fully saturated rings. The molecular formula is C21H27N7O12S. The summed E-state index contributed by atoms with van der Waals surface area (Å²) in [6, 6.07) is 0. The standard InChI is InChI=1S/C21H27N7O12S/c1-26-6-25-17(28(36)37)19(26)41-18-10-16(22-5-23-18)27(7-24-10)21(4-31)15(35)14(9(3-30)40-21)39-20-13(34)12(33)11(32)8(2-29)38-20/h5-9,11-15,20,29-35H,2-4H2,1H3/t8-,9-,11+,12+,13-,14-,15+,20+,21?/m1/s1. The molecule has 0 spiro atoms. The van der Waals surface area contributed by atoms with Crippen LogP contribution in [0, 0.1) is 10.1 Å². The Morgan fingerprint density at radius 2 is 1.78 bits per heavy atom. The molecule has 0 aromatic carbocycles. The maximum Gasteiger partial charge on any atom is 0.396 e.